The number of aromatic nitrogens is 3. The van der Waals surface area contributed by atoms with Gasteiger partial charge in [-0.2, -0.15) is 0 Å². The van der Waals surface area contributed by atoms with Crippen molar-refractivity contribution in [3.63, 3.8) is 0 Å². The molecule has 0 saturated heterocycles. The summed E-state index contributed by atoms with van der Waals surface area (Å²) in [7, 11) is 0. The molecule has 0 amide bonds. The molecule has 4 nitrogen and oxygen atoms in total. The number of halogens is 1. The second-order valence-corrected chi connectivity index (χ2v) is 7.12. The van der Waals surface area contributed by atoms with E-state index in [4.69, 9.17) is 0 Å². The highest BCUT2D eigenvalue weighted by Gasteiger charge is 2.19. The molecule has 2 aromatic heterocycles. The van der Waals surface area contributed by atoms with Crippen molar-refractivity contribution in [3.8, 4) is 0 Å². The number of nitrogens with one attached hydrogen (secondary N) is 1. The number of hydrogen-bond donors (Lipinski definition) is 1. The number of rotatable bonds is 3. The summed E-state index contributed by atoms with van der Waals surface area (Å²) in [5, 5.41) is 6.39. The highest BCUT2D eigenvalue weighted by Crippen LogP contribution is 2.25. The molecule has 0 saturated carbocycles. The molecule has 0 aliphatic carbocycles. The molecule has 1 unspecified atom stereocenters. The van der Waals surface area contributed by atoms with Crippen LogP contribution < -0.4 is 5.32 Å². The molecule has 0 aliphatic heterocycles. The van der Waals surface area contributed by atoms with Gasteiger partial charge in [-0.15, -0.1) is 11.3 Å². The van der Waals surface area contributed by atoms with Gasteiger partial charge in [0.05, 0.1) is 6.04 Å². The third-order valence-corrected chi connectivity index (χ3v) is 3.92. The van der Waals surface area contributed by atoms with Crippen molar-refractivity contribution in [2.24, 2.45) is 0 Å². The average molecular weight is 341 g/mol. The van der Waals surface area contributed by atoms with Gasteiger partial charge in [0.15, 0.2) is 0 Å². The molecule has 19 heavy (non-hydrogen) atoms. The van der Waals surface area contributed by atoms with Gasteiger partial charge in [-0.25, -0.2) is 15.0 Å². The maximum Gasteiger partial charge on any atom is 0.137 e. The molecular formula is C13H17BrN4S. The van der Waals surface area contributed by atoms with Crippen LogP contribution in [0, 0.1) is 0 Å². The summed E-state index contributed by atoms with van der Waals surface area (Å²) in [5.41, 5.74) is -0.0787. The van der Waals surface area contributed by atoms with Crippen LogP contribution >= 0.6 is 27.3 Å². The lowest BCUT2D eigenvalue weighted by Crippen LogP contribution is -2.18. The van der Waals surface area contributed by atoms with Crippen molar-refractivity contribution in [1.82, 2.24) is 15.0 Å². The number of hydrogen-bond acceptors (Lipinski definition) is 5. The Bertz CT molecular complexity index is 548. The van der Waals surface area contributed by atoms with Crippen LogP contribution in [-0.2, 0) is 5.41 Å². The first-order valence-corrected chi connectivity index (χ1v) is 7.74. The third kappa shape index (κ3) is 3.73. The average Bonchev–Trinajstić information content (AvgIpc) is 2.80. The fraction of sp³-hybridized carbons (Fsp3) is 0.462. The standard InChI is InChI=1S/C13H17BrN4S/c1-8(11-15-5-6-19-11)16-10-7-9(14)17-12(18-10)13(2,3)4/h5-8H,1-4H3,(H,16,17,18). The molecule has 0 spiro atoms. The lowest BCUT2D eigenvalue weighted by atomic mass is 9.96. The van der Waals surface area contributed by atoms with E-state index in [-0.39, 0.29) is 11.5 Å². The molecule has 2 aromatic rings. The predicted molar refractivity (Wildman–Crippen MR) is 82.6 cm³/mol. The maximum absolute atomic E-state index is 4.58. The Labute approximate surface area is 125 Å². The minimum absolute atomic E-state index is 0.0787. The minimum atomic E-state index is -0.0787. The smallest absolute Gasteiger partial charge is 0.137 e. The maximum atomic E-state index is 4.58. The Morgan fingerprint density at radius 1 is 1.32 bits per heavy atom. The molecule has 0 aliphatic rings. The zero-order valence-corrected chi connectivity index (χ0v) is 13.8. The van der Waals surface area contributed by atoms with Gasteiger partial charge in [0.2, 0.25) is 0 Å². The van der Waals surface area contributed by atoms with Gasteiger partial charge < -0.3 is 5.32 Å². The summed E-state index contributed by atoms with van der Waals surface area (Å²) in [6, 6.07) is 2.02. The SMILES string of the molecule is CC(Nc1cc(Br)nc(C(C)(C)C)n1)c1nccs1. The monoisotopic (exact) mass is 340 g/mol. The molecule has 6 heteroatoms. The van der Waals surface area contributed by atoms with E-state index in [0.29, 0.717) is 0 Å². The lowest BCUT2D eigenvalue weighted by molar-refractivity contribution is 0.544. The van der Waals surface area contributed by atoms with Crippen molar-refractivity contribution >= 4 is 33.1 Å². The summed E-state index contributed by atoms with van der Waals surface area (Å²) in [4.78, 5) is 13.3. The number of nitrogens with zero attached hydrogens (tertiary/aromatic N) is 3. The van der Waals surface area contributed by atoms with E-state index in [2.05, 4.69) is 63.9 Å². The predicted octanol–water partition coefficient (Wildman–Crippen LogP) is 4.17. The summed E-state index contributed by atoms with van der Waals surface area (Å²) in [6.45, 7) is 8.38. The van der Waals surface area contributed by atoms with Crippen LogP contribution in [0.5, 0.6) is 0 Å². The molecule has 1 N–H and O–H groups in total. The molecule has 2 heterocycles. The molecule has 0 aromatic carbocycles. The first-order chi connectivity index (χ1) is 8.86. The number of thiazole rings is 1. The van der Waals surface area contributed by atoms with Gasteiger partial charge in [0, 0.05) is 23.1 Å². The Balaban J connectivity index is 2.23. The van der Waals surface area contributed by atoms with Crippen molar-refractivity contribution in [1.29, 1.82) is 0 Å². The Morgan fingerprint density at radius 2 is 2.05 bits per heavy atom. The largest absolute Gasteiger partial charge is 0.361 e. The topological polar surface area (TPSA) is 50.7 Å². The van der Waals surface area contributed by atoms with Crippen LogP contribution in [0.15, 0.2) is 22.2 Å². The van der Waals surface area contributed by atoms with Crippen LogP contribution in [-0.4, -0.2) is 15.0 Å². The van der Waals surface area contributed by atoms with E-state index >= 15 is 0 Å². The quantitative estimate of drug-likeness (QED) is 0.852. The molecule has 2 rings (SSSR count). The van der Waals surface area contributed by atoms with Gasteiger partial charge in [0.25, 0.3) is 0 Å². The van der Waals surface area contributed by atoms with Crippen molar-refractivity contribution in [2.45, 2.75) is 39.2 Å². The minimum Gasteiger partial charge on any atom is -0.361 e. The Morgan fingerprint density at radius 3 is 2.63 bits per heavy atom. The van der Waals surface area contributed by atoms with Crippen LogP contribution in [0.4, 0.5) is 5.82 Å². The van der Waals surface area contributed by atoms with Gasteiger partial charge in [0.1, 0.15) is 21.3 Å². The van der Waals surface area contributed by atoms with Crippen molar-refractivity contribution in [2.75, 3.05) is 5.32 Å². The second-order valence-electron chi connectivity index (χ2n) is 5.39. The summed E-state index contributed by atoms with van der Waals surface area (Å²) >= 11 is 5.08. The van der Waals surface area contributed by atoms with E-state index in [1.54, 1.807) is 11.3 Å². The second kappa shape index (κ2) is 5.54. The first kappa shape index (κ1) is 14.4. The fourth-order valence-corrected chi connectivity index (χ4v) is 2.59. The van der Waals surface area contributed by atoms with E-state index in [1.165, 1.54) is 0 Å². The van der Waals surface area contributed by atoms with Crippen molar-refractivity contribution < 1.29 is 0 Å². The van der Waals surface area contributed by atoms with Crippen molar-refractivity contribution in [3.05, 3.63) is 33.1 Å². The Hall–Kier alpha value is -1.01. The zero-order chi connectivity index (χ0) is 14.0. The van der Waals surface area contributed by atoms with Crippen LogP contribution in [0.3, 0.4) is 0 Å². The van der Waals surface area contributed by atoms with Crippen LogP contribution in [0.2, 0.25) is 0 Å². The summed E-state index contributed by atoms with van der Waals surface area (Å²) in [5.74, 6) is 1.63. The molecule has 1 atom stereocenters. The van der Waals surface area contributed by atoms with E-state index in [0.717, 1.165) is 21.3 Å². The summed E-state index contributed by atoms with van der Waals surface area (Å²) in [6.07, 6.45) is 1.81. The van der Waals surface area contributed by atoms with Crippen LogP contribution in [0.1, 0.15) is 44.6 Å². The van der Waals surface area contributed by atoms with Gasteiger partial charge in [-0.3, -0.25) is 0 Å². The van der Waals surface area contributed by atoms with E-state index < -0.39 is 0 Å². The molecule has 0 bridgehead atoms. The molecular weight excluding hydrogens is 324 g/mol. The highest BCUT2D eigenvalue weighted by molar-refractivity contribution is 9.10. The van der Waals surface area contributed by atoms with Gasteiger partial charge in [-0.05, 0) is 22.9 Å². The third-order valence-electron chi connectivity index (χ3n) is 2.55. The molecule has 0 radical (unpaired) electrons. The first-order valence-electron chi connectivity index (χ1n) is 6.07. The fourth-order valence-electron chi connectivity index (χ4n) is 1.56. The molecule has 0 fully saturated rings. The Kier molecular flexibility index (Phi) is 4.20. The van der Waals surface area contributed by atoms with Crippen LogP contribution in [0.25, 0.3) is 0 Å². The zero-order valence-electron chi connectivity index (χ0n) is 11.4. The lowest BCUT2D eigenvalue weighted by Gasteiger charge is -2.19. The number of anilines is 1. The van der Waals surface area contributed by atoms with E-state index in [1.807, 2.05) is 17.6 Å². The summed E-state index contributed by atoms with van der Waals surface area (Å²) < 4.78 is 0.793. The van der Waals surface area contributed by atoms with E-state index in [9.17, 15) is 0 Å². The van der Waals surface area contributed by atoms with Gasteiger partial charge >= 0.3 is 0 Å². The highest BCUT2D eigenvalue weighted by atomic mass is 79.9. The van der Waals surface area contributed by atoms with Gasteiger partial charge in [-0.1, -0.05) is 20.8 Å². The molecule has 102 valence electrons. The normalized spacial score (nSPS) is 13.3.